The Bertz CT molecular complexity index is 637. The number of carbonyl (C=O) groups excluding carboxylic acids is 1. The summed E-state index contributed by atoms with van der Waals surface area (Å²) in [6.45, 7) is 2.56. The molecule has 3 heterocycles. The maximum absolute atomic E-state index is 12.4. The van der Waals surface area contributed by atoms with Gasteiger partial charge in [0, 0.05) is 37.9 Å². The summed E-state index contributed by atoms with van der Waals surface area (Å²) in [5, 5.41) is 8.94. The monoisotopic (exact) mass is 345 g/mol. The lowest BCUT2D eigenvalue weighted by Gasteiger charge is -2.19. The first-order chi connectivity index (χ1) is 11.8. The van der Waals surface area contributed by atoms with Crippen molar-refractivity contribution in [1.82, 2.24) is 24.6 Å². The van der Waals surface area contributed by atoms with Crippen LogP contribution in [0.2, 0.25) is 0 Å². The third kappa shape index (κ3) is 4.80. The summed E-state index contributed by atoms with van der Waals surface area (Å²) in [6, 6.07) is 5.92. The number of thioether (sulfide) groups is 1. The van der Waals surface area contributed by atoms with Gasteiger partial charge in [0.1, 0.15) is 6.33 Å². The molecule has 0 aliphatic carbocycles. The Balaban J connectivity index is 1.50. The topological polar surface area (TPSA) is 63.9 Å². The molecule has 2 aromatic rings. The summed E-state index contributed by atoms with van der Waals surface area (Å²) in [4.78, 5) is 18.7. The number of nitrogens with zero attached hydrogens (tertiary/aromatic N) is 5. The minimum atomic E-state index is 0.209. The molecule has 128 valence electrons. The maximum Gasteiger partial charge on any atom is 0.233 e. The fourth-order valence-corrected chi connectivity index (χ4v) is 3.67. The van der Waals surface area contributed by atoms with Crippen molar-refractivity contribution in [2.45, 2.75) is 43.8 Å². The average Bonchev–Trinajstić information content (AvgIpc) is 2.89. The normalized spacial score (nSPS) is 15.2. The fourth-order valence-electron chi connectivity index (χ4n) is 2.83. The molecule has 0 radical (unpaired) electrons. The highest BCUT2D eigenvalue weighted by molar-refractivity contribution is 7.99. The Kier molecular flexibility index (Phi) is 6.23. The molecule has 0 N–H and O–H groups in total. The van der Waals surface area contributed by atoms with Crippen molar-refractivity contribution in [3.05, 3.63) is 36.4 Å². The van der Waals surface area contributed by atoms with Gasteiger partial charge in [-0.15, -0.1) is 10.2 Å². The van der Waals surface area contributed by atoms with Gasteiger partial charge in [-0.1, -0.05) is 30.7 Å². The number of amides is 1. The van der Waals surface area contributed by atoms with E-state index >= 15 is 0 Å². The highest BCUT2D eigenvalue weighted by Gasteiger charge is 2.17. The predicted octanol–water partition coefficient (Wildman–Crippen LogP) is 2.41. The van der Waals surface area contributed by atoms with Crippen LogP contribution in [0.1, 0.15) is 31.4 Å². The zero-order valence-electron chi connectivity index (χ0n) is 13.8. The molecule has 2 aromatic heterocycles. The van der Waals surface area contributed by atoms with Crippen LogP contribution in [-0.2, 0) is 17.8 Å². The number of likely N-dealkylation sites (tertiary alicyclic amines) is 1. The van der Waals surface area contributed by atoms with Gasteiger partial charge in [-0.3, -0.25) is 9.78 Å². The molecule has 0 aromatic carbocycles. The Morgan fingerprint density at radius 2 is 2.00 bits per heavy atom. The molecule has 6 nitrogen and oxygen atoms in total. The number of aromatic nitrogens is 4. The van der Waals surface area contributed by atoms with Crippen molar-refractivity contribution in [3.63, 3.8) is 0 Å². The molecule has 3 rings (SSSR count). The fraction of sp³-hybridized carbons (Fsp3) is 0.529. The van der Waals surface area contributed by atoms with E-state index in [0.717, 1.165) is 49.7 Å². The third-order valence-corrected chi connectivity index (χ3v) is 5.16. The van der Waals surface area contributed by atoms with Gasteiger partial charge in [-0.05, 0) is 25.0 Å². The second-order valence-corrected chi connectivity index (χ2v) is 6.90. The standard InChI is InChI=1S/C17H23N5OS/c23-16(21-10-5-1-2-6-11-21)13-24-17-20-19-14-22(17)12-8-15-7-3-4-9-18-15/h3-4,7,9,14H,1-2,5-6,8,10-13H2. The predicted molar refractivity (Wildman–Crippen MR) is 93.7 cm³/mol. The second kappa shape index (κ2) is 8.82. The Labute approximate surface area is 146 Å². The molecular formula is C17H23N5OS. The van der Waals surface area contributed by atoms with E-state index in [-0.39, 0.29) is 5.91 Å². The molecular weight excluding hydrogens is 322 g/mol. The Hall–Kier alpha value is -1.89. The lowest BCUT2D eigenvalue weighted by atomic mass is 10.2. The van der Waals surface area contributed by atoms with Crippen molar-refractivity contribution >= 4 is 17.7 Å². The van der Waals surface area contributed by atoms with Gasteiger partial charge in [-0.2, -0.15) is 0 Å². The number of pyridine rings is 1. The average molecular weight is 345 g/mol. The molecule has 0 saturated carbocycles. The molecule has 0 spiro atoms. The summed E-state index contributed by atoms with van der Waals surface area (Å²) in [5.74, 6) is 0.642. The quantitative estimate of drug-likeness (QED) is 0.752. The van der Waals surface area contributed by atoms with Crippen molar-refractivity contribution in [3.8, 4) is 0 Å². The largest absolute Gasteiger partial charge is 0.342 e. The molecule has 24 heavy (non-hydrogen) atoms. The highest BCUT2D eigenvalue weighted by atomic mass is 32.2. The first-order valence-electron chi connectivity index (χ1n) is 8.51. The van der Waals surface area contributed by atoms with Gasteiger partial charge in [0.05, 0.1) is 5.75 Å². The van der Waals surface area contributed by atoms with Gasteiger partial charge in [-0.25, -0.2) is 0 Å². The molecule has 1 aliphatic rings. The second-order valence-electron chi connectivity index (χ2n) is 5.96. The first-order valence-corrected chi connectivity index (χ1v) is 9.50. The van der Waals surface area contributed by atoms with E-state index in [1.54, 1.807) is 12.5 Å². The molecule has 7 heteroatoms. The van der Waals surface area contributed by atoms with Gasteiger partial charge < -0.3 is 9.47 Å². The summed E-state index contributed by atoms with van der Waals surface area (Å²) in [7, 11) is 0. The highest BCUT2D eigenvalue weighted by Crippen LogP contribution is 2.17. The Morgan fingerprint density at radius 1 is 1.17 bits per heavy atom. The summed E-state index contributed by atoms with van der Waals surface area (Å²) >= 11 is 1.48. The molecule has 0 unspecified atom stereocenters. The van der Waals surface area contributed by atoms with E-state index in [4.69, 9.17) is 0 Å². The molecule has 1 saturated heterocycles. The number of hydrogen-bond acceptors (Lipinski definition) is 5. The lowest BCUT2D eigenvalue weighted by Crippen LogP contribution is -2.33. The van der Waals surface area contributed by atoms with Crippen LogP contribution in [0.5, 0.6) is 0 Å². The molecule has 0 bridgehead atoms. The van der Waals surface area contributed by atoms with Crippen molar-refractivity contribution in [1.29, 1.82) is 0 Å². The van der Waals surface area contributed by atoms with Crippen LogP contribution in [-0.4, -0.2) is 49.4 Å². The van der Waals surface area contributed by atoms with E-state index in [1.165, 1.54) is 24.6 Å². The van der Waals surface area contributed by atoms with Crippen LogP contribution in [0, 0.1) is 0 Å². The molecule has 0 atom stereocenters. The van der Waals surface area contributed by atoms with Crippen LogP contribution in [0.4, 0.5) is 0 Å². The third-order valence-electron chi connectivity index (χ3n) is 4.20. The number of rotatable bonds is 6. The summed E-state index contributed by atoms with van der Waals surface area (Å²) in [5.41, 5.74) is 1.04. The molecule has 1 aliphatic heterocycles. The van der Waals surface area contributed by atoms with E-state index in [1.807, 2.05) is 27.7 Å². The molecule has 1 amide bonds. The molecule has 1 fully saturated rings. The smallest absolute Gasteiger partial charge is 0.233 e. The van der Waals surface area contributed by atoms with E-state index in [9.17, 15) is 4.79 Å². The van der Waals surface area contributed by atoms with Crippen molar-refractivity contribution in [2.75, 3.05) is 18.8 Å². The van der Waals surface area contributed by atoms with E-state index in [2.05, 4.69) is 15.2 Å². The Morgan fingerprint density at radius 3 is 2.75 bits per heavy atom. The van der Waals surface area contributed by atoms with Gasteiger partial charge in [0.25, 0.3) is 0 Å². The zero-order chi connectivity index (χ0) is 16.6. The van der Waals surface area contributed by atoms with Crippen LogP contribution in [0.3, 0.4) is 0 Å². The van der Waals surface area contributed by atoms with E-state index in [0.29, 0.717) is 5.75 Å². The number of aryl methyl sites for hydroxylation is 2. The minimum absolute atomic E-state index is 0.209. The van der Waals surface area contributed by atoms with Crippen LogP contribution in [0.25, 0.3) is 0 Å². The van der Waals surface area contributed by atoms with Gasteiger partial charge in [0.2, 0.25) is 5.91 Å². The lowest BCUT2D eigenvalue weighted by molar-refractivity contribution is -0.128. The summed E-state index contributed by atoms with van der Waals surface area (Å²) < 4.78 is 2.00. The maximum atomic E-state index is 12.4. The van der Waals surface area contributed by atoms with Crippen molar-refractivity contribution < 1.29 is 4.79 Å². The SMILES string of the molecule is O=C(CSc1nncn1CCc1ccccn1)N1CCCCCC1. The zero-order valence-corrected chi connectivity index (χ0v) is 14.6. The van der Waals surface area contributed by atoms with Gasteiger partial charge in [0.15, 0.2) is 5.16 Å². The number of carbonyl (C=O) groups is 1. The van der Waals surface area contributed by atoms with Crippen LogP contribution in [0.15, 0.2) is 35.9 Å². The first kappa shape index (κ1) is 17.0. The van der Waals surface area contributed by atoms with E-state index < -0.39 is 0 Å². The van der Waals surface area contributed by atoms with Crippen LogP contribution >= 0.6 is 11.8 Å². The van der Waals surface area contributed by atoms with Gasteiger partial charge >= 0.3 is 0 Å². The minimum Gasteiger partial charge on any atom is -0.342 e. The van der Waals surface area contributed by atoms with Crippen molar-refractivity contribution in [2.24, 2.45) is 0 Å². The number of hydrogen-bond donors (Lipinski definition) is 0. The summed E-state index contributed by atoms with van der Waals surface area (Å²) in [6.07, 6.45) is 9.07. The van der Waals surface area contributed by atoms with Crippen LogP contribution < -0.4 is 0 Å².